The molecule has 0 amide bonds. The summed E-state index contributed by atoms with van der Waals surface area (Å²) in [6.45, 7) is 0.301. The Balaban J connectivity index is 0.00000120. The molecular formula is C14H16CuNO2. The summed E-state index contributed by atoms with van der Waals surface area (Å²) in [7, 11) is 0. The minimum atomic E-state index is 0. The molecule has 1 heterocycles. The first kappa shape index (κ1) is 13.4. The summed E-state index contributed by atoms with van der Waals surface area (Å²) in [5.41, 5.74) is 0.972. The monoisotopic (exact) mass is 293 g/mol. The molecule has 1 aliphatic heterocycles. The van der Waals surface area contributed by atoms with Crippen molar-refractivity contribution >= 4 is 6.21 Å². The maximum absolute atomic E-state index is 5.29. The van der Waals surface area contributed by atoms with Crippen LogP contribution in [-0.2, 0) is 17.1 Å². The summed E-state index contributed by atoms with van der Waals surface area (Å²) in [5.74, 6) is 1.48. The predicted octanol–water partition coefficient (Wildman–Crippen LogP) is 2.96. The molecule has 0 radical (unpaired) electrons. The molecule has 4 heteroatoms. The predicted molar refractivity (Wildman–Crippen MR) is 65.9 cm³/mol. The fourth-order valence-electron chi connectivity index (χ4n) is 2.34. The third-order valence-corrected chi connectivity index (χ3v) is 3.31. The van der Waals surface area contributed by atoms with Crippen LogP contribution in [0.2, 0.25) is 0 Å². The number of hydrogen-bond donors (Lipinski definition) is 0. The van der Waals surface area contributed by atoms with Crippen LogP contribution in [-0.4, -0.2) is 19.0 Å². The summed E-state index contributed by atoms with van der Waals surface area (Å²) in [5, 5.41) is 0. The van der Waals surface area contributed by atoms with Gasteiger partial charge in [-0.2, -0.15) is 0 Å². The molecule has 2 aliphatic rings. The van der Waals surface area contributed by atoms with Gasteiger partial charge in [-0.25, -0.2) is 0 Å². The Kier molecular flexibility index (Phi) is 4.67. The van der Waals surface area contributed by atoms with Gasteiger partial charge in [-0.05, 0) is 12.8 Å². The summed E-state index contributed by atoms with van der Waals surface area (Å²) >= 11 is 0. The second kappa shape index (κ2) is 6.26. The van der Waals surface area contributed by atoms with E-state index in [1.165, 1.54) is 32.1 Å². The second-order valence-electron chi connectivity index (χ2n) is 4.58. The number of ether oxygens (including phenoxy) is 2. The van der Waals surface area contributed by atoms with E-state index in [2.05, 4.69) is 11.1 Å². The van der Waals surface area contributed by atoms with Crippen molar-refractivity contribution in [2.75, 3.05) is 6.79 Å². The topological polar surface area (TPSA) is 30.8 Å². The average molecular weight is 294 g/mol. The minimum absolute atomic E-state index is 0. The van der Waals surface area contributed by atoms with E-state index in [0.29, 0.717) is 18.6 Å². The van der Waals surface area contributed by atoms with Crippen molar-refractivity contribution in [2.45, 2.75) is 38.1 Å². The molecule has 1 aromatic rings. The van der Waals surface area contributed by atoms with E-state index in [1.54, 1.807) is 0 Å². The van der Waals surface area contributed by atoms with Gasteiger partial charge in [0.1, 0.15) is 0 Å². The molecule has 0 atom stereocenters. The number of aliphatic imine (C=N–C) groups is 1. The summed E-state index contributed by atoms with van der Waals surface area (Å²) in [6, 6.07) is 7.56. The van der Waals surface area contributed by atoms with Gasteiger partial charge in [0, 0.05) is 6.04 Å². The van der Waals surface area contributed by atoms with Gasteiger partial charge in [0.25, 0.3) is 0 Å². The van der Waals surface area contributed by atoms with Crippen LogP contribution in [0.25, 0.3) is 0 Å². The first-order chi connectivity index (χ1) is 8.42. The van der Waals surface area contributed by atoms with Gasteiger partial charge in [0.2, 0.25) is 6.79 Å². The zero-order valence-corrected chi connectivity index (χ0v) is 11.1. The van der Waals surface area contributed by atoms with E-state index in [-0.39, 0.29) is 17.1 Å². The van der Waals surface area contributed by atoms with Crippen LogP contribution in [0.1, 0.15) is 37.7 Å². The first-order valence-corrected chi connectivity index (χ1v) is 6.27. The van der Waals surface area contributed by atoms with Gasteiger partial charge in [-0.3, -0.25) is 0 Å². The zero-order chi connectivity index (χ0) is 11.5. The quantitative estimate of drug-likeness (QED) is 0.477. The molecule has 0 N–H and O–H groups in total. The summed E-state index contributed by atoms with van der Waals surface area (Å²) in [6.07, 6.45) is 8.35. The van der Waals surface area contributed by atoms with Crippen LogP contribution in [0.5, 0.6) is 11.5 Å². The van der Waals surface area contributed by atoms with E-state index in [9.17, 15) is 0 Å². The van der Waals surface area contributed by atoms with Crippen molar-refractivity contribution < 1.29 is 26.5 Å². The molecule has 1 aromatic carbocycles. The van der Waals surface area contributed by atoms with E-state index in [1.807, 2.05) is 18.3 Å². The Morgan fingerprint density at radius 1 is 1.17 bits per heavy atom. The van der Waals surface area contributed by atoms with E-state index >= 15 is 0 Å². The van der Waals surface area contributed by atoms with Crippen molar-refractivity contribution in [3.63, 3.8) is 0 Å². The molecule has 0 spiro atoms. The molecular weight excluding hydrogens is 278 g/mol. The van der Waals surface area contributed by atoms with Gasteiger partial charge in [-0.15, -0.1) is 17.7 Å². The number of rotatable bonds is 2. The normalized spacial score (nSPS) is 18.9. The molecule has 0 unspecified atom stereocenters. The molecule has 100 valence electrons. The Hall–Kier alpha value is -0.991. The third-order valence-electron chi connectivity index (χ3n) is 3.31. The smallest absolute Gasteiger partial charge is 0.500 e. The Bertz CT molecular complexity index is 428. The minimum Gasteiger partial charge on any atom is -0.500 e. The van der Waals surface area contributed by atoms with Gasteiger partial charge < -0.3 is 14.5 Å². The van der Waals surface area contributed by atoms with Crippen LogP contribution < -0.4 is 9.47 Å². The van der Waals surface area contributed by atoms with Gasteiger partial charge >= 0.3 is 17.1 Å². The molecule has 1 aliphatic carbocycles. The standard InChI is InChI=1S/C14H16NO2.Cu/c1-2-4-12(5-3-1)15-9-11-6-7-13-14(8-11)17-10-16-13;/h6-7,9,12H,1-5,10H2;/q-1;+1. The Morgan fingerprint density at radius 2 is 2.00 bits per heavy atom. The van der Waals surface area contributed by atoms with E-state index in [4.69, 9.17) is 9.47 Å². The summed E-state index contributed by atoms with van der Waals surface area (Å²) in [4.78, 5) is 4.63. The fraction of sp³-hybridized carbons (Fsp3) is 0.500. The van der Waals surface area contributed by atoms with Crippen molar-refractivity contribution in [1.29, 1.82) is 0 Å². The van der Waals surface area contributed by atoms with E-state index < -0.39 is 0 Å². The average Bonchev–Trinajstić information content (AvgIpc) is 2.85. The van der Waals surface area contributed by atoms with Crippen LogP contribution in [0, 0.1) is 6.07 Å². The number of nitrogens with zero attached hydrogens (tertiary/aromatic N) is 1. The molecule has 0 bridgehead atoms. The molecule has 0 aromatic heterocycles. The van der Waals surface area contributed by atoms with Crippen molar-refractivity contribution in [3.8, 4) is 11.5 Å². The molecule has 3 nitrogen and oxygen atoms in total. The van der Waals surface area contributed by atoms with Gasteiger partial charge in [0.15, 0.2) is 0 Å². The van der Waals surface area contributed by atoms with Crippen LogP contribution in [0.15, 0.2) is 17.1 Å². The largest absolute Gasteiger partial charge is 1.00 e. The van der Waals surface area contributed by atoms with Crippen LogP contribution >= 0.6 is 0 Å². The maximum atomic E-state index is 5.29. The third kappa shape index (κ3) is 3.06. The Labute approximate surface area is 118 Å². The maximum Gasteiger partial charge on any atom is 1.00 e. The van der Waals surface area contributed by atoms with Crippen molar-refractivity contribution in [3.05, 3.63) is 23.8 Å². The number of fused-ring (bicyclic) bond motifs is 1. The second-order valence-corrected chi connectivity index (χ2v) is 4.58. The SMILES string of the molecule is [Cu+].[c-]1c(C=NC2CCCCC2)ccc2c1OCO2. The molecule has 18 heavy (non-hydrogen) atoms. The molecule has 0 saturated heterocycles. The fourth-order valence-corrected chi connectivity index (χ4v) is 2.34. The van der Waals surface area contributed by atoms with Gasteiger partial charge in [-0.1, -0.05) is 31.5 Å². The molecule has 1 saturated carbocycles. The number of hydrogen-bond acceptors (Lipinski definition) is 3. The zero-order valence-electron chi connectivity index (χ0n) is 10.1. The van der Waals surface area contributed by atoms with Crippen molar-refractivity contribution in [2.24, 2.45) is 4.99 Å². The molecule has 1 fully saturated rings. The molecule has 3 rings (SSSR count). The van der Waals surface area contributed by atoms with Gasteiger partial charge in [0.05, 0.1) is 11.5 Å². The Morgan fingerprint density at radius 3 is 2.83 bits per heavy atom. The van der Waals surface area contributed by atoms with Crippen LogP contribution in [0.4, 0.5) is 0 Å². The number of benzene rings is 1. The van der Waals surface area contributed by atoms with Crippen molar-refractivity contribution in [1.82, 2.24) is 0 Å². The van der Waals surface area contributed by atoms with Crippen LogP contribution in [0.3, 0.4) is 0 Å². The summed E-state index contributed by atoms with van der Waals surface area (Å²) < 4.78 is 10.5. The van der Waals surface area contributed by atoms with E-state index in [0.717, 1.165) is 11.3 Å². The first-order valence-electron chi connectivity index (χ1n) is 6.27.